The lowest BCUT2D eigenvalue weighted by Crippen LogP contribution is -2.28. The van der Waals surface area contributed by atoms with Crippen molar-refractivity contribution in [2.75, 3.05) is 6.54 Å². The van der Waals surface area contributed by atoms with Crippen LogP contribution < -0.4 is 10.1 Å². The summed E-state index contributed by atoms with van der Waals surface area (Å²) in [5.74, 6) is 1.45. The molecular weight excluding hydrogens is 302 g/mol. The first-order valence-electron chi connectivity index (χ1n) is 7.83. The van der Waals surface area contributed by atoms with Gasteiger partial charge in [-0.3, -0.25) is 0 Å². The minimum absolute atomic E-state index is 0.458. The van der Waals surface area contributed by atoms with E-state index >= 15 is 0 Å². The number of nitrogens with zero attached hydrogens (tertiary/aromatic N) is 2. The second-order valence-electron chi connectivity index (χ2n) is 5.36. The number of ether oxygens (including phenoxy) is 1. The maximum absolute atomic E-state index is 11.7. The molecule has 0 saturated heterocycles. The summed E-state index contributed by atoms with van der Waals surface area (Å²) in [5.41, 5.74) is 2.00. The number of nitrogens with one attached hydrogen (secondary N) is 1. The van der Waals surface area contributed by atoms with Crippen molar-refractivity contribution in [2.24, 2.45) is 0 Å². The first-order chi connectivity index (χ1) is 11.7. The third kappa shape index (κ3) is 4.01. The number of carbonyl (C=O) groups is 1. The number of aryl methyl sites for hydroxylation is 1. The number of benzene rings is 2. The van der Waals surface area contributed by atoms with Gasteiger partial charge in [-0.25, -0.2) is 9.78 Å². The average molecular weight is 321 g/mol. The van der Waals surface area contributed by atoms with Crippen LogP contribution in [0.1, 0.15) is 11.5 Å². The fraction of sp³-hybridized carbons (Fsp3) is 0.158. The van der Waals surface area contributed by atoms with Crippen molar-refractivity contribution in [1.29, 1.82) is 0 Å². The summed E-state index contributed by atoms with van der Waals surface area (Å²) in [7, 11) is 0. The zero-order valence-electron chi connectivity index (χ0n) is 13.5. The molecule has 122 valence electrons. The van der Waals surface area contributed by atoms with E-state index in [0.29, 0.717) is 18.7 Å². The molecule has 1 N–H and O–H groups in total. The fourth-order valence-electron chi connectivity index (χ4n) is 2.43. The Morgan fingerprint density at radius 1 is 1.08 bits per heavy atom. The molecule has 1 heterocycles. The Balaban J connectivity index is 1.53. The standard InChI is InChI=1S/C19H19N3O2/c1-15-21-16(14-22(15)17-8-4-2-5-9-17)12-13-20-19(23)24-18-10-6-3-7-11-18/h2-11,14H,12-13H2,1H3,(H,20,23). The summed E-state index contributed by atoms with van der Waals surface area (Å²) >= 11 is 0. The first kappa shape index (κ1) is 15.8. The van der Waals surface area contributed by atoms with Crippen molar-refractivity contribution in [1.82, 2.24) is 14.9 Å². The van der Waals surface area contributed by atoms with Crippen molar-refractivity contribution < 1.29 is 9.53 Å². The first-order valence-corrected chi connectivity index (χ1v) is 7.83. The Kier molecular flexibility index (Phi) is 4.91. The highest BCUT2D eigenvalue weighted by atomic mass is 16.5. The van der Waals surface area contributed by atoms with Gasteiger partial charge in [0.15, 0.2) is 0 Å². The van der Waals surface area contributed by atoms with Crippen LogP contribution in [0.2, 0.25) is 0 Å². The molecule has 24 heavy (non-hydrogen) atoms. The van der Waals surface area contributed by atoms with Crippen molar-refractivity contribution in [3.05, 3.63) is 78.4 Å². The number of hydrogen-bond donors (Lipinski definition) is 1. The van der Waals surface area contributed by atoms with Crippen molar-refractivity contribution in [3.8, 4) is 11.4 Å². The minimum Gasteiger partial charge on any atom is -0.410 e. The van der Waals surface area contributed by atoms with E-state index in [4.69, 9.17) is 4.74 Å². The van der Waals surface area contributed by atoms with Crippen LogP contribution in [0.3, 0.4) is 0 Å². The average Bonchev–Trinajstić information content (AvgIpc) is 2.97. The molecule has 1 amide bonds. The Labute approximate surface area is 140 Å². The summed E-state index contributed by atoms with van der Waals surface area (Å²) in [6.07, 6.45) is 2.18. The molecule has 3 aromatic rings. The zero-order valence-corrected chi connectivity index (χ0v) is 13.5. The Morgan fingerprint density at radius 2 is 1.75 bits per heavy atom. The van der Waals surface area contributed by atoms with Gasteiger partial charge in [-0.1, -0.05) is 36.4 Å². The molecule has 5 heteroatoms. The van der Waals surface area contributed by atoms with Crippen LogP contribution in [0.25, 0.3) is 5.69 Å². The lowest BCUT2D eigenvalue weighted by molar-refractivity contribution is 0.200. The van der Waals surface area contributed by atoms with Gasteiger partial charge in [0.1, 0.15) is 11.6 Å². The summed E-state index contributed by atoms with van der Waals surface area (Å²) in [4.78, 5) is 16.3. The number of para-hydroxylation sites is 2. The zero-order chi connectivity index (χ0) is 16.8. The summed E-state index contributed by atoms with van der Waals surface area (Å²) < 4.78 is 7.21. The molecule has 0 aliphatic carbocycles. The largest absolute Gasteiger partial charge is 0.412 e. The predicted octanol–water partition coefficient (Wildman–Crippen LogP) is 3.51. The van der Waals surface area contributed by atoms with E-state index < -0.39 is 6.09 Å². The third-order valence-electron chi connectivity index (χ3n) is 3.57. The predicted molar refractivity (Wildman–Crippen MR) is 92.5 cm³/mol. The smallest absolute Gasteiger partial charge is 0.410 e. The molecule has 0 radical (unpaired) electrons. The molecule has 0 aliphatic heterocycles. The van der Waals surface area contributed by atoms with Gasteiger partial charge >= 0.3 is 6.09 Å². The SMILES string of the molecule is Cc1nc(CCNC(=O)Oc2ccccc2)cn1-c1ccccc1. The maximum atomic E-state index is 11.7. The number of hydrogen-bond acceptors (Lipinski definition) is 3. The van der Waals surface area contributed by atoms with Crippen LogP contribution in [0.4, 0.5) is 4.79 Å². The topological polar surface area (TPSA) is 56.1 Å². The molecule has 0 unspecified atom stereocenters. The lowest BCUT2D eigenvalue weighted by Gasteiger charge is -2.05. The fourth-order valence-corrected chi connectivity index (χ4v) is 2.43. The number of amides is 1. The molecule has 0 spiro atoms. The van der Waals surface area contributed by atoms with Crippen LogP contribution >= 0.6 is 0 Å². The van der Waals surface area contributed by atoms with Crippen molar-refractivity contribution >= 4 is 6.09 Å². The van der Waals surface area contributed by atoms with Gasteiger partial charge in [-0.15, -0.1) is 0 Å². The summed E-state index contributed by atoms with van der Waals surface area (Å²) in [5, 5.41) is 2.74. The number of imidazole rings is 1. The highest BCUT2D eigenvalue weighted by molar-refractivity contribution is 5.70. The molecule has 0 aliphatic rings. The second-order valence-corrected chi connectivity index (χ2v) is 5.36. The van der Waals surface area contributed by atoms with Crippen LogP contribution in [-0.4, -0.2) is 22.2 Å². The quantitative estimate of drug-likeness (QED) is 0.782. The van der Waals surface area contributed by atoms with Gasteiger partial charge in [-0.2, -0.15) is 0 Å². The number of carbonyl (C=O) groups excluding carboxylic acids is 1. The van der Waals surface area contributed by atoms with Crippen molar-refractivity contribution in [3.63, 3.8) is 0 Å². The summed E-state index contributed by atoms with van der Waals surface area (Å²) in [6, 6.07) is 19.0. The van der Waals surface area contributed by atoms with Crippen LogP contribution in [0.5, 0.6) is 5.75 Å². The molecular formula is C19H19N3O2. The molecule has 0 saturated carbocycles. The highest BCUT2D eigenvalue weighted by Crippen LogP contribution is 2.12. The molecule has 5 nitrogen and oxygen atoms in total. The van der Waals surface area contributed by atoms with Gasteiger partial charge in [-0.05, 0) is 31.2 Å². The highest BCUT2D eigenvalue weighted by Gasteiger charge is 2.07. The van der Waals surface area contributed by atoms with Crippen LogP contribution in [-0.2, 0) is 6.42 Å². The molecule has 1 aromatic heterocycles. The molecule has 0 atom stereocenters. The Bertz CT molecular complexity index is 798. The minimum atomic E-state index is -0.458. The van der Waals surface area contributed by atoms with Gasteiger partial charge in [0.05, 0.1) is 5.69 Å². The van der Waals surface area contributed by atoms with Crippen LogP contribution in [0.15, 0.2) is 66.9 Å². The van der Waals surface area contributed by atoms with Gasteiger partial charge in [0.25, 0.3) is 0 Å². The molecule has 0 bridgehead atoms. The normalized spacial score (nSPS) is 10.4. The number of aromatic nitrogens is 2. The molecule has 3 rings (SSSR count). The maximum Gasteiger partial charge on any atom is 0.412 e. The molecule has 0 fully saturated rings. The number of rotatable bonds is 5. The summed E-state index contributed by atoms with van der Waals surface area (Å²) in [6.45, 7) is 2.44. The van der Waals surface area contributed by atoms with E-state index in [1.54, 1.807) is 12.1 Å². The van der Waals surface area contributed by atoms with Crippen LogP contribution in [0, 0.1) is 6.92 Å². The van der Waals surface area contributed by atoms with Crippen molar-refractivity contribution in [2.45, 2.75) is 13.3 Å². The van der Waals surface area contributed by atoms with E-state index in [0.717, 1.165) is 17.2 Å². The van der Waals surface area contributed by atoms with E-state index in [1.807, 2.05) is 66.2 Å². The van der Waals surface area contributed by atoms with E-state index in [9.17, 15) is 4.79 Å². The monoisotopic (exact) mass is 321 g/mol. The van der Waals surface area contributed by atoms with Gasteiger partial charge in [0, 0.05) is 24.8 Å². The van der Waals surface area contributed by atoms with E-state index in [-0.39, 0.29) is 0 Å². The lowest BCUT2D eigenvalue weighted by atomic mass is 10.3. The van der Waals surface area contributed by atoms with E-state index in [1.165, 1.54) is 0 Å². The van der Waals surface area contributed by atoms with E-state index in [2.05, 4.69) is 10.3 Å². The molecule has 2 aromatic carbocycles. The Morgan fingerprint density at radius 3 is 2.46 bits per heavy atom. The second kappa shape index (κ2) is 7.46. The third-order valence-corrected chi connectivity index (χ3v) is 3.57. The van der Waals surface area contributed by atoms with Gasteiger partial charge < -0.3 is 14.6 Å². The Hall–Kier alpha value is -3.08. The van der Waals surface area contributed by atoms with Gasteiger partial charge in [0.2, 0.25) is 0 Å².